The molecule has 2 aromatic rings. The van der Waals surface area contributed by atoms with E-state index < -0.39 is 17.7 Å². The molecule has 0 aliphatic heterocycles. The van der Waals surface area contributed by atoms with Crippen molar-refractivity contribution in [1.29, 1.82) is 0 Å². The molecule has 1 atom stereocenters. The molecule has 2 aromatic carbocycles. The van der Waals surface area contributed by atoms with Crippen LogP contribution in [0.3, 0.4) is 0 Å². The molecule has 0 aromatic heterocycles. The van der Waals surface area contributed by atoms with Crippen molar-refractivity contribution in [2.75, 3.05) is 12.3 Å². The molecule has 0 aliphatic rings. The van der Waals surface area contributed by atoms with Crippen molar-refractivity contribution in [2.45, 2.75) is 6.10 Å². The van der Waals surface area contributed by atoms with Crippen LogP contribution < -0.4 is 10.5 Å². The fourth-order valence-electron chi connectivity index (χ4n) is 1.67. The van der Waals surface area contributed by atoms with Gasteiger partial charge in [0.05, 0.1) is 0 Å². The molecule has 0 heterocycles. The largest absolute Gasteiger partial charge is 0.487 e. The number of aliphatic hydroxyl groups is 1. The second kappa shape index (κ2) is 5.67. The van der Waals surface area contributed by atoms with Crippen molar-refractivity contribution in [2.24, 2.45) is 0 Å². The van der Waals surface area contributed by atoms with Gasteiger partial charge in [-0.1, -0.05) is 24.3 Å². The Morgan fingerprint density at radius 2 is 1.84 bits per heavy atom. The van der Waals surface area contributed by atoms with Crippen LogP contribution in [0.5, 0.6) is 5.75 Å². The van der Waals surface area contributed by atoms with Gasteiger partial charge in [-0.15, -0.1) is 0 Å². The van der Waals surface area contributed by atoms with E-state index in [1.54, 1.807) is 24.3 Å². The van der Waals surface area contributed by atoms with E-state index in [9.17, 15) is 13.9 Å². The first-order valence-corrected chi connectivity index (χ1v) is 5.69. The van der Waals surface area contributed by atoms with E-state index in [1.807, 2.05) is 0 Å². The predicted octanol–water partition coefficient (Wildman–Crippen LogP) is 2.66. The van der Waals surface area contributed by atoms with Gasteiger partial charge in [-0.3, -0.25) is 0 Å². The minimum absolute atomic E-state index is 0.214. The molecule has 0 aliphatic carbocycles. The Morgan fingerprint density at radius 3 is 2.58 bits per heavy atom. The highest BCUT2D eigenvalue weighted by Gasteiger charge is 2.14. The van der Waals surface area contributed by atoms with E-state index in [1.165, 1.54) is 12.1 Å². The summed E-state index contributed by atoms with van der Waals surface area (Å²) in [5.74, 6) is -2.31. The van der Waals surface area contributed by atoms with Crippen molar-refractivity contribution in [3.63, 3.8) is 0 Å². The maximum Gasteiger partial charge on any atom is 0.200 e. The molecule has 0 fully saturated rings. The molecule has 0 bridgehead atoms. The zero-order chi connectivity index (χ0) is 13.8. The molecule has 0 radical (unpaired) electrons. The first-order chi connectivity index (χ1) is 9.09. The van der Waals surface area contributed by atoms with Crippen LogP contribution in [-0.2, 0) is 0 Å². The van der Waals surface area contributed by atoms with Gasteiger partial charge in [-0.05, 0) is 18.2 Å². The van der Waals surface area contributed by atoms with Crippen molar-refractivity contribution in [1.82, 2.24) is 0 Å². The average Bonchev–Trinajstić information content (AvgIpc) is 2.40. The van der Waals surface area contributed by atoms with E-state index in [-0.39, 0.29) is 12.4 Å². The van der Waals surface area contributed by atoms with Gasteiger partial charge in [0.15, 0.2) is 11.6 Å². The van der Waals surface area contributed by atoms with Gasteiger partial charge in [0.2, 0.25) is 5.82 Å². The van der Waals surface area contributed by atoms with E-state index in [2.05, 4.69) is 0 Å². The van der Waals surface area contributed by atoms with E-state index in [0.717, 1.165) is 6.07 Å². The Kier molecular flexibility index (Phi) is 3.97. The topological polar surface area (TPSA) is 55.5 Å². The highest BCUT2D eigenvalue weighted by atomic mass is 19.2. The van der Waals surface area contributed by atoms with Crippen molar-refractivity contribution < 1.29 is 18.6 Å². The lowest BCUT2D eigenvalue weighted by Crippen LogP contribution is -2.12. The summed E-state index contributed by atoms with van der Waals surface area (Å²) >= 11 is 0. The molecule has 19 heavy (non-hydrogen) atoms. The van der Waals surface area contributed by atoms with E-state index in [0.29, 0.717) is 11.3 Å². The first-order valence-electron chi connectivity index (χ1n) is 5.69. The smallest absolute Gasteiger partial charge is 0.200 e. The molecule has 3 N–H and O–H groups in total. The van der Waals surface area contributed by atoms with Gasteiger partial charge in [0.1, 0.15) is 12.7 Å². The predicted molar refractivity (Wildman–Crippen MR) is 67.7 cm³/mol. The fourth-order valence-corrected chi connectivity index (χ4v) is 1.67. The van der Waals surface area contributed by atoms with E-state index in [4.69, 9.17) is 10.5 Å². The molecule has 0 amide bonds. The number of hydrogen-bond donors (Lipinski definition) is 2. The number of benzene rings is 2. The van der Waals surface area contributed by atoms with Crippen molar-refractivity contribution >= 4 is 5.69 Å². The third-order valence-electron chi connectivity index (χ3n) is 2.67. The molecular formula is C14H13F2NO2. The summed E-state index contributed by atoms with van der Waals surface area (Å²) in [4.78, 5) is 0. The van der Waals surface area contributed by atoms with Gasteiger partial charge in [0.25, 0.3) is 0 Å². The number of rotatable bonds is 4. The summed E-state index contributed by atoms with van der Waals surface area (Å²) in [7, 11) is 0. The fraction of sp³-hybridized carbons (Fsp3) is 0.143. The van der Waals surface area contributed by atoms with Crippen LogP contribution in [0.2, 0.25) is 0 Å². The third-order valence-corrected chi connectivity index (χ3v) is 2.67. The summed E-state index contributed by atoms with van der Waals surface area (Å²) in [5, 5.41) is 9.90. The van der Waals surface area contributed by atoms with Crippen LogP contribution in [0.15, 0.2) is 42.5 Å². The quantitative estimate of drug-likeness (QED) is 0.836. The van der Waals surface area contributed by atoms with Crippen LogP contribution >= 0.6 is 0 Å². The van der Waals surface area contributed by atoms with Gasteiger partial charge in [-0.25, -0.2) is 4.39 Å². The molecule has 0 saturated heterocycles. The van der Waals surface area contributed by atoms with Crippen LogP contribution in [0, 0.1) is 11.6 Å². The Morgan fingerprint density at radius 1 is 1.11 bits per heavy atom. The Labute approximate surface area is 109 Å². The average molecular weight is 265 g/mol. The Balaban J connectivity index is 2.07. The highest BCUT2D eigenvalue weighted by Crippen LogP contribution is 2.23. The molecule has 3 nitrogen and oxygen atoms in total. The maximum atomic E-state index is 13.3. The first kappa shape index (κ1) is 13.3. The minimum atomic E-state index is -1.07. The van der Waals surface area contributed by atoms with Crippen LogP contribution in [-0.4, -0.2) is 11.7 Å². The molecule has 100 valence electrons. The number of halogens is 2. The zero-order valence-electron chi connectivity index (χ0n) is 10.0. The normalized spacial score (nSPS) is 12.2. The molecule has 0 saturated carbocycles. The molecular weight excluding hydrogens is 252 g/mol. The number of hydrogen-bond acceptors (Lipinski definition) is 3. The number of para-hydroxylation sites is 1. The van der Waals surface area contributed by atoms with Gasteiger partial charge in [0, 0.05) is 11.3 Å². The number of nitrogens with two attached hydrogens (primary N) is 1. The van der Waals surface area contributed by atoms with Crippen LogP contribution in [0.4, 0.5) is 14.5 Å². The van der Waals surface area contributed by atoms with Crippen molar-refractivity contribution in [3.8, 4) is 5.75 Å². The lowest BCUT2D eigenvalue weighted by molar-refractivity contribution is 0.106. The lowest BCUT2D eigenvalue weighted by Gasteiger charge is -2.14. The third kappa shape index (κ3) is 3.00. The zero-order valence-corrected chi connectivity index (χ0v) is 10.0. The highest BCUT2D eigenvalue weighted by molar-refractivity contribution is 5.47. The summed E-state index contributed by atoms with van der Waals surface area (Å²) in [6.45, 7) is -0.214. The number of ether oxygens (including phenoxy) is 1. The molecule has 5 heteroatoms. The summed E-state index contributed by atoms with van der Waals surface area (Å²) < 4.78 is 31.3. The van der Waals surface area contributed by atoms with Gasteiger partial charge in [-0.2, -0.15) is 4.39 Å². The number of aliphatic hydroxyl groups excluding tert-OH is 1. The standard InChI is InChI=1S/C14H13F2NO2/c15-10-5-3-7-13(14(10)16)19-8-12(18)9-4-1-2-6-11(9)17/h1-7,12,18H,8,17H2. The molecule has 2 rings (SSSR count). The summed E-state index contributed by atoms with van der Waals surface area (Å²) in [6, 6.07) is 10.4. The second-order valence-corrected chi connectivity index (χ2v) is 4.01. The van der Waals surface area contributed by atoms with Crippen LogP contribution in [0.25, 0.3) is 0 Å². The monoisotopic (exact) mass is 265 g/mol. The van der Waals surface area contributed by atoms with E-state index >= 15 is 0 Å². The minimum Gasteiger partial charge on any atom is -0.487 e. The van der Waals surface area contributed by atoms with Crippen LogP contribution in [0.1, 0.15) is 11.7 Å². The summed E-state index contributed by atoms with van der Waals surface area (Å²) in [6.07, 6.45) is -1.01. The van der Waals surface area contributed by atoms with Crippen molar-refractivity contribution in [3.05, 3.63) is 59.7 Å². The maximum absolute atomic E-state index is 13.3. The number of anilines is 1. The molecule has 1 unspecified atom stereocenters. The van der Waals surface area contributed by atoms with Gasteiger partial charge < -0.3 is 15.6 Å². The van der Waals surface area contributed by atoms with Gasteiger partial charge >= 0.3 is 0 Å². The second-order valence-electron chi connectivity index (χ2n) is 4.01. The Hall–Kier alpha value is -2.14. The lowest BCUT2D eigenvalue weighted by atomic mass is 10.1. The Bertz CT molecular complexity index is 575. The molecule has 0 spiro atoms. The summed E-state index contributed by atoms with van der Waals surface area (Å²) in [5.41, 5.74) is 6.60. The SMILES string of the molecule is Nc1ccccc1C(O)COc1cccc(F)c1F. The number of nitrogen functional groups attached to an aromatic ring is 1.